The van der Waals surface area contributed by atoms with Gasteiger partial charge in [-0.1, -0.05) is 20.8 Å². The maximum absolute atomic E-state index is 5.62. The number of nitrogens with zero attached hydrogens (tertiary/aromatic N) is 2. The third kappa shape index (κ3) is 2.35. The van der Waals surface area contributed by atoms with Crippen molar-refractivity contribution < 1.29 is 0 Å². The largest absolute Gasteiger partial charge is 0.330 e. The maximum atomic E-state index is 5.62. The Morgan fingerprint density at radius 2 is 2.07 bits per heavy atom. The van der Waals surface area contributed by atoms with Crippen LogP contribution in [0.5, 0.6) is 0 Å². The molecule has 0 amide bonds. The number of hydrogen-bond donors (Lipinski definition) is 1. The zero-order valence-electron chi connectivity index (χ0n) is 9.40. The van der Waals surface area contributed by atoms with Crippen LogP contribution < -0.4 is 5.73 Å². The van der Waals surface area contributed by atoms with Crippen LogP contribution in [0.2, 0.25) is 0 Å². The molecule has 0 spiro atoms. The summed E-state index contributed by atoms with van der Waals surface area (Å²) in [5.41, 5.74) is 6.87. The van der Waals surface area contributed by atoms with E-state index in [4.69, 9.17) is 5.73 Å². The lowest BCUT2D eigenvalue weighted by Crippen LogP contribution is -2.09. The highest BCUT2D eigenvalue weighted by Gasteiger charge is 2.10. The van der Waals surface area contributed by atoms with Crippen molar-refractivity contribution >= 4 is 0 Å². The van der Waals surface area contributed by atoms with Crippen molar-refractivity contribution in [2.24, 2.45) is 5.73 Å². The minimum Gasteiger partial charge on any atom is -0.330 e. The summed E-state index contributed by atoms with van der Waals surface area (Å²) in [5, 5.41) is 4.39. The van der Waals surface area contributed by atoms with E-state index in [1.807, 2.05) is 6.20 Å². The summed E-state index contributed by atoms with van der Waals surface area (Å²) in [7, 11) is 0. The average molecular weight is 195 g/mol. The van der Waals surface area contributed by atoms with Crippen molar-refractivity contribution in [3.63, 3.8) is 0 Å². The van der Waals surface area contributed by atoms with E-state index >= 15 is 0 Å². The molecule has 1 aromatic rings. The van der Waals surface area contributed by atoms with Crippen LogP contribution in [-0.2, 0) is 0 Å². The number of nitrogens with two attached hydrogens (primary N) is 1. The molecule has 80 valence electrons. The van der Waals surface area contributed by atoms with Gasteiger partial charge in [-0.3, -0.25) is 4.68 Å². The summed E-state index contributed by atoms with van der Waals surface area (Å²) in [6.07, 6.45) is 6.34. The summed E-state index contributed by atoms with van der Waals surface area (Å²) in [6.45, 7) is 7.21. The molecular weight excluding hydrogens is 174 g/mol. The third-order valence-electron chi connectivity index (χ3n) is 2.86. The van der Waals surface area contributed by atoms with Gasteiger partial charge in [0, 0.05) is 6.20 Å². The molecule has 1 atom stereocenters. The standard InChI is InChI=1S/C11H21N3/c1-4-11(5-2)14-8-10(7-13-14)9(3)6-12/h7-9,11H,4-6,12H2,1-3H3. The fourth-order valence-corrected chi connectivity index (χ4v) is 1.61. The first-order valence-electron chi connectivity index (χ1n) is 5.47. The minimum absolute atomic E-state index is 0.415. The third-order valence-corrected chi connectivity index (χ3v) is 2.86. The summed E-state index contributed by atoms with van der Waals surface area (Å²) in [4.78, 5) is 0. The van der Waals surface area contributed by atoms with E-state index in [2.05, 4.69) is 36.7 Å². The van der Waals surface area contributed by atoms with E-state index in [0.717, 1.165) is 12.8 Å². The molecule has 1 unspecified atom stereocenters. The van der Waals surface area contributed by atoms with E-state index in [-0.39, 0.29) is 0 Å². The average Bonchev–Trinajstić information content (AvgIpc) is 2.68. The van der Waals surface area contributed by atoms with Gasteiger partial charge in [-0.2, -0.15) is 5.10 Å². The first kappa shape index (κ1) is 11.2. The van der Waals surface area contributed by atoms with Crippen molar-refractivity contribution in [2.45, 2.75) is 45.6 Å². The fraction of sp³-hybridized carbons (Fsp3) is 0.727. The molecular formula is C11H21N3. The molecule has 2 N–H and O–H groups in total. The molecule has 0 radical (unpaired) electrons. The first-order valence-corrected chi connectivity index (χ1v) is 5.47. The van der Waals surface area contributed by atoms with Gasteiger partial charge >= 0.3 is 0 Å². The van der Waals surface area contributed by atoms with Crippen LogP contribution in [0.25, 0.3) is 0 Å². The van der Waals surface area contributed by atoms with Crippen LogP contribution in [0.4, 0.5) is 0 Å². The Balaban J connectivity index is 2.76. The molecule has 0 bridgehead atoms. The van der Waals surface area contributed by atoms with E-state index in [0.29, 0.717) is 18.5 Å². The maximum Gasteiger partial charge on any atom is 0.0525 e. The normalized spacial score (nSPS) is 13.5. The van der Waals surface area contributed by atoms with Gasteiger partial charge in [-0.25, -0.2) is 0 Å². The van der Waals surface area contributed by atoms with Gasteiger partial charge in [0.25, 0.3) is 0 Å². The lowest BCUT2D eigenvalue weighted by atomic mass is 10.1. The Labute approximate surface area is 86.3 Å². The highest BCUT2D eigenvalue weighted by molar-refractivity contribution is 5.10. The fourth-order valence-electron chi connectivity index (χ4n) is 1.61. The van der Waals surface area contributed by atoms with Gasteiger partial charge in [-0.15, -0.1) is 0 Å². The van der Waals surface area contributed by atoms with Gasteiger partial charge in [0.15, 0.2) is 0 Å². The van der Waals surface area contributed by atoms with Crippen LogP contribution in [0.3, 0.4) is 0 Å². The summed E-state index contributed by atoms with van der Waals surface area (Å²) in [5.74, 6) is 0.415. The van der Waals surface area contributed by atoms with Gasteiger partial charge in [-0.05, 0) is 30.9 Å². The number of rotatable bonds is 5. The molecule has 0 aliphatic carbocycles. The molecule has 0 aromatic carbocycles. The molecule has 0 fully saturated rings. The number of hydrogen-bond acceptors (Lipinski definition) is 2. The minimum atomic E-state index is 0.415. The van der Waals surface area contributed by atoms with E-state index in [1.54, 1.807) is 0 Å². The second-order valence-electron chi connectivity index (χ2n) is 3.86. The Hall–Kier alpha value is -0.830. The van der Waals surface area contributed by atoms with Crippen LogP contribution in [0.1, 0.15) is 51.1 Å². The van der Waals surface area contributed by atoms with Gasteiger partial charge in [0.1, 0.15) is 0 Å². The summed E-state index contributed by atoms with van der Waals surface area (Å²) in [6, 6.07) is 0.536. The highest BCUT2D eigenvalue weighted by atomic mass is 15.3. The molecule has 1 rings (SSSR count). The first-order chi connectivity index (χ1) is 6.72. The van der Waals surface area contributed by atoms with Crippen molar-refractivity contribution in [3.05, 3.63) is 18.0 Å². The van der Waals surface area contributed by atoms with Crippen LogP contribution >= 0.6 is 0 Å². The zero-order valence-corrected chi connectivity index (χ0v) is 9.40. The quantitative estimate of drug-likeness (QED) is 0.783. The lowest BCUT2D eigenvalue weighted by Gasteiger charge is -2.12. The second kappa shape index (κ2) is 5.15. The summed E-state index contributed by atoms with van der Waals surface area (Å²) >= 11 is 0. The van der Waals surface area contributed by atoms with E-state index in [9.17, 15) is 0 Å². The van der Waals surface area contributed by atoms with E-state index < -0.39 is 0 Å². The SMILES string of the molecule is CCC(CC)n1cc(C(C)CN)cn1. The monoisotopic (exact) mass is 195 g/mol. The Kier molecular flexibility index (Phi) is 4.14. The van der Waals surface area contributed by atoms with Crippen molar-refractivity contribution in [1.82, 2.24) is 9.78 Å². The molecule has 0 aliphatic rings. The Morgan fingerprint density at radius 1 is 1.43 bits per heavy atom. The molecule has 0 saturated carbocycles. The highest BCUT2D eigenvalue weighted by Crippen LogP contribution is 2.18. The predicted molar refractivity (Wildman–Crippen MR) is 59.3 cm³/mol. The topological polar surface area (TPSA) is 43.8 Å². The lowest BCUT2D eigenvalue weighted by molar-refractivity contribution is 0.428. The smallest absolute Gasteiger partial charge is 0.0525 e. The zero-order chi connectivity index (χ0) is 10.6. The van der Waals surface area contributed by atoms with Crippen LogP contribution in [0.15, 0.2) is 12.4 Å². The van der Waals surface area contributed by atoms with Crippen molar-refractivity contribution in [2.75, 3.05) is 6.54 Å². The molecule has 3 nitrogen and oxygen atoms in total. The van der Waals surface area contributed by atoms with Crippen LogP contribution in [-0.4, -0.2) is 16.3 Å². The molecule has 0 saturated heterocycles. The molecule has 1 heterocycles. The molecule has 3 heteroatoms. The van der Waals surface area contributed by atoms with Gasteiger partial charge in [0.2, 0.25) is 0 Å². The predicted octanol–water partition coefficient (Wildman–Crippen LogP) is 2.31. The Bertz CT molecular complexity index is 263. The van der Waals surface area contributed by atoms with E-state index in [1.165, 1.54) is 5.56 Å². The molecule has 1 aromatic heterocycles. The Morgan fingerprint density at radius 3 is 2.57 bits per heavy atom. The van der Waals surface area contributed by atoms with Crippen molar-refractivity contribution in [3.8, 4) is 0 Å². The second-order valence-corrected chi connectivity index (χ2v) is 3.86. The molecule has 14 heavy (non-hydrogen) atoms. The van der Waals surface area contributed by atoms with Gasteiger partial charge < -0.3 is 5.73 Å². The molecule has 0 aliphatic heterocycles. The van der Waals surface area contributed by atoms with Crippen molar-refractivity contribution in [1.29, 1.82) is 0 Å². The van der Waals surface area contributed by atoms with Gasteiger partial charge in [0.05, 0.1) is 12.2 Å². The summed E-state index contributed by atoms with van der Waals surface area (Å²) < 4.78 is 2.07. The van der Waals surface area contributed by atoms with Crippen LogP contribution in [0, 0.1) is 0 Å². The number of aromatic nitrogens is 2.